The number of imidazole rings is 1. The van der Waals surface area contributed by atoms with Gasteiger partial charge in [0.25, 0.3) is 0 Å². The lowest BCUT2D eigenvalue weighted by Crippen LogP contribution is -2.06. The molecule has 0 saturated carbocycles. The second-order valence-corrected chi connectivity index (χ2v) is 4.86. The van der Waals surface area contributed by atoms with Gasteiger partial charge in [-0.1, -0.05) is 18.2 Å². The highest BCUT2D eigenvalue weighted by Gasteiger charge is 2.15. The van der Waals surface area contributed by atoms with Crippen molar-refractivity contribution in [2.24, 2.45) is 0 Å². The molecule has 0 amide bonds. The molecule has 3 rings (SSSR count). The fourth-order valence-electron chi connectivity index (χ4n) is 2.60. The third kappa shape index (κ3) is 1.94. The summed E-state index contributed by atoms with van der Waals surface area (Å²) >= 11 is 0. The van der Waals surface area contributed by atoms with E-state index < -0.39 is 0 Å². The molecule has 0 spiro atoms. The predicted molar refractivity (Wildman–Crippen MR) is 78.1 cm³/mol. The summed E-state index contributed by atoms with van der Waals surface area (Å²) in [5, 5.41) is 4.35. The lowest BCUT2D eigenvalue weighted by Gasteiger charge is -1.98. The monoisotopic (exact) mass is 254 g/mol. The first-order valence-electron chi connectivity index (χ1n) is 6.48. The molecule has 0 aliphatic carbocycles. The van der Waals surface area contributed by atoms with Gasteiger partial charge < -0.3 is 15.3 Å². The van der Waals surface area contributed by atoms with Crippen molar-refractivity contribution in [1.82, 2.24) is 20.3 Å². The van der Waals surface area contributed by atoms with E-state index in [1.54, 1.807) is 0 Å². The average molecular weight is 254 g/mol. The number of H-pyrrole nitrogens is 2. The number of hydrogen-bond donors (Lipinski definition) is 3. The molecule has 4 nitrogen and oxygen atoms in total. The van der Waals surface area contributed by atoms with E-state index in [1.165, 1.54) is 10.9 Å². The first-order chi connectivity index (χ1) is 9.20. The van der Waals surface area contributed by atoms with Crippen LogP contribution in [0, 0.1) is 13.8 Å². The van der Waals surface area contributed by atoms with E-state index in [9.17, 15) is 0 Å². The molecular formula is C15H18N4. The van der Waals surface area contributed by atoms with Gasteiger partial charge in [-0.2, -0.15) is 0 Å². The number of aryl methyl sites for hydroxylation is 2. The van der Waals surface area contributed by atoms with Gasteiger partial charge in [0.2, 0.25) is 0 Å². The summed E-state index contributed by atoms with van der Waals surface area (Å²) in [5.41, 5.74) is 5.67. The Hall–Kier alpha value is -2.07. The van der Waals surface area contributed by atoms with E-state index in [-0.39, 0.29) is 0 Å². The molecule has 0 bridgehead atoms. The van der Waals surface area contributed by atoms with Crippen LogP contribution in [0.5, 0.6) is 0 Å². The molecule has 1 aromatic carbocycles. The Balaban J connectivity index is 2.21. The largest absolute Gasteiger partial charge is 0.358 e. The van der Waals surface area contributed by atoms with E-state index in [0.717, 1.165) is 35.0 Å². The van der Waals surface area contributed by atoms with Crippen molar-refractivity contribution >= 4 is 10.9 Å². The topological polar surface area (TPSA) is 56.5 Å². The predicted octanol–water partition coefficient (Wildman–Crippen LogP) is 2.89. The fraction of sp³-hybridized carbons (Fsp3) is 0.267. The van der Waals surface area contributed by atoms with Crippen molar-refractivity contribution in [3.63, 3.8) is 0 Å². The molecule has 2 heterocycles. The summed E-state index contributed by atoms with van der Waals surface area (Å²) in [4.78, 5) is 11.5. The molecule has 0 saturated heterocycles. The summed E-state index contributed by atoms with van der Waals surface area (Å²) in [6.45, 7) is 4.92. The van der Waals surface area contributed by atoms with Gasteiger partial charge in [0.1, 0.15) is 5.82 Å². The van der Waals surface area contributed by atoms with Crippen molar-refractivity contribution in [1.29, 1.82) is 0 Å². The van der Waals surface area contributed by atoms with E-state index in [2.05, 4.69) is 47.3 Å². The molecule has 0 fully saturated rings. The van der Waals surface area contributed by atoms with E-state index >= 15 is 0 Å². The minimum atomic E-state index is 0.752. The number of fused-ring (bicyclic) bond motifs is 1. The molecule has 4 heteroatoms. The van der Waals surface area contributed by atoms with Gasteiger partial charge in [-0.05, 0) is 27.0 Å². The highest BCUT2D eigenvalue weighted by molar-refractivity contribution is 5.96. The minimum Gasteiger partial charge on any atom is -0.358 e. The van der Waals surface area contributed by atoms with Crippen LogP contribution < -0.4 is 5.32 Å². The van der Waals surface area contributed by atoms with Gasteiger partial charge in [-0.3, -0.25) is 0 Å². The maximum Gasteiger partial charge on any atom is 0.121 e. The summed E-state index contributed by atoms with van der Waals surface area (Å²) in [7, 11) is 1.93. The van der Waals surface area contributed by atoms with Gasteiger partial charge in [0.05, 0.1) is 12.2 Å². The van der Waals surface area contributed by atoms with Crippen LogP contribution in [0.2, 0.25) is 0 Å². The number of nitrogens with one attached hydrogen (secondary N) is 3. The normalized spacial score (nSPS) is 11.3. The summed E-state index contributed by atoms with van der Waals surface area (Å²) in [6, 6.07) is 8.35. The third-order valence-electron chi connectivity index (χ3n) is 3.41. The molecule has 0 unspecified atom stereocenters. The Morgan fingerprint density at radius 1 is 1.11 bits per heavy atom. The number of aromatic nitrogens is 3. The molecule has 19 heavy (non-hydrogen) atoms. The molecular weight excluding hydrogens is 236 g/mol. The maximum absolute atomic E-state index is 4.71. The third-order valence-corrected chi connectivity index (χ3v) is 3.41. The highest BCUT2D eigenvalue weighted by Crippen LogP contribution is 2.32. The van der Waals surface area contributed by atoms with Gasteiger partial charge >= 0.3 is 0 Å². The first-order valence-corrected chi connectivity index (χ1v) is 6.48. The minimum absolute atomic E-state index is 0.752. The van der Waals surface area contributed by atoms with Crippen LogP contribution in [0.1, 0.15) is 17.2 Å². The van der Waals surface area contributed by atoms with Crippen LogP contribution in [0.3, 0.4) is 0 Å². The van der Waals surface area contributed by atoms with Crippen LogP contribution in [0.4, 0.5) is 0 Å². The van der Waals surface area contributed by atoms with E-state index in [1.807, 2.05) is 13.1 Å². The van der Waals surface area contributed by atoms with Crippen LogP contribution in [0.15, 0.2) is 24.3 Å². The van der Waals surface area contributed by atoms with Crippen molar-refractivity contribution in [2.75, 3.05) is 7.05 Å². The Labute approximate surface area is 112 Å². The Morgan fingerprint density at radius 3 is 2.68 bits per heavy atom. The molecule has 0 aliphatic heterocycles. The number of rotatable bonds is 3. The molecule has 3 N–H and O–H groups in total. The van der Waals surface area contributed by atoms with Crippen LogP contribution >= 0.6 is 0 Å². The summed E-state index contributed by atoms with van der Waals surface area (Å²) in [6.07, 6.45) is 0. The number of para-hydroxylation sites is 1. The molecule has 0 atom stereocenters. The maximum atomic E-state index is 4.71. The van der Waals surface area contributed by atoms with Gasteiger partial charge in [0.15, 0.2) is 0 Å². The van der Waals surface area contributed by atoms with Crippen molar-refractivity contribution in [3.8, 4) is 11.3 Å². The van der Waals surface area contributed by atoms with Crippen LogP contribution in [-0.4, -0.2) is 22.0 Å². The van der Waals surface area contributed by atoms with Crippen molar-refractivity contribution in [2.45, 2.75) is 20.4 Å². The zero-order chi connectivity index (χ0) is 13.4. The number of hydrogen-bond acceptors (Lipinski definition) is 2. The quantitative estimate of drug-likeness (QED) is 0.673. The van der Waals surface area contributed by atoms with Crippen LogP contribution in [0.25, 0.3) is 22.2 Å². The van der Waals surface area contributed by atoms with Gasteiger partial charge in [-0.15, -0.1) is 0 Å². The highest BCUT2D eigenvalue weighted by atomic mass is 15.0. The fourth-order valence-corrected chi connectivity index (χ4v) is 2.60. The molecule has 2 aromatic heterocycles. The second-order valence-electron chi connectivity index (χ2n) is 4.86. The SMILES string of the molecule is CNCc1nc(-c2c(C)[nH]c3ccccc23)c(C)[nH]1. The number of aromatic amines is 2. The Morgan fingerprint density at radius 2 is 1.89 bits per heavy atom. The van der Waals surface area contributed by atoms with E-state index in [0.29, 0.717) is 0 Å². The number of benzene rings is 1. The smallest absolute Gasteiger partial charge is 0.121 e. The first kappa shape index (κ1) is 12.0. The lowest BCUT2D eigenvalue weighted by atomic mass is 10.1. The lowest BCUT2D eigenvalue weighted by molar-refractivity contribution is 0.770. The zero-order valence-electron chi connectivity index (χ0n) is 11.5. The van der Waals surface area contributed by atoms with E-state index in [4.69, 9.17) is 4.98 Å². The van der Waals surface area contributed by atoms with Crippen molar-refractivity contribution < 1.29 is 0 Å². The van der Waals surface area contributed by atoms with Crippen LogP contribution in [-0.2, 0) is 6.54 Å². The number of nitrogens with zero attached hydrogens (tertiary/aromatic N) is 1. The van der Waals surface area contributed by atoms with Crippen molar-refractivity contribution in [3.05, 3.63) is 41.5 Å². The van der Waals surface area contributed by atoms with Gasteiger partial charge in [-0.25, -0.2) is 4.98 Å². The Kier molecular flexibility index (Phi) is 2.87. The zero-order valence-corrected chi connectivity index (χ0v) is 11.5. The standard InChI is InChI=1S/C15H18N4/c1-9-14(11-6-4-5-7-12(11)17-9)15-10(2)18-13(19-15)8-16-3/h4-7,16-17H,8H2,1-3H3,(H,18,19). The second kappa shape index (κ2) is 4.55. The van der Waals surface area contributed by atoms with Gasteiger partial charge in [0, 0.05) is 27.9 Å². The molecule has 0 aliphatic rings. The summed E-state index contributed by atoms with van der Waals surface area (Å²) < 4.78 is 0. The molecule has 3 aromatic rings. The molecule has 98 valence electrons. The summed E-state index contributed by atoms with van der Waals surface area (Å²) in [5.74, 6) is 0.972. The average Bonchev–Trinajstić information content (AvgIpc) is 2.89. The Bertz CT molecular complexity index is 721. The molecule has 0 radical (unpaired) electrons.